The van der Waals surface area contributed by atoms with Gasteiger partial charge in [-0.3, -0.25) is 0 Å². The molecule has 0 radical (unpaired) electrons. The lowest BCUT2D eigenvalue weighted by atomic mass is 10.3. The van der Waals surface area contributed by atoms with Crippen molar-refractivity contribution in [3.8, 4) is 0 Å². The Bertz CT molecular complexity index is 438. The van der Waals surface area contributed by atoms with Crippen molar-refractivity contribution in [3.63, 3.8) is 0 Å². The molecule has 0 saturated heterocycles. The minimum Gasteiger partial charge on any atom is -0.331 e. The van der Waals surface area contributed by atoms with Crippen LogP contribution >= 0.6 is 11.6 Å². The van der Waals surface area contributed by atoms with E-state index in [1.165, 1.54) is 4.74 Å². The normalized spacial score (nSPS) is 18.2. The molecule has 1 unspecified atom stereocenters. The maximum absolute atomic E-state index is 12.7. The lowest BCUT2D eigenvalue weighted by molar-refractivity contribution is -0.558. The number of alkyl halides is 15. The third-order valence-electron chi connectivity index (χ3n) is 1.96. The van der Waals surface area contributed by atoms with E-state index in [4.69, 9.17) is 5.11 Å². The summed E-state index contributed by atoms with van der Waals surface area (Å²) in [6.07, 6.45) is -34.7. The first-order valence-corrected chi connectivity index (χ1v) is 5.25. The van der Waals surface area contributed by atoms with Crippen LogP contribution in [0.2, 0.25) is 0 Å². The molecule has 0 heterocycles. The summed E-state index contributed by atoms with van der Waals surface area (Å²) in [7, 11) is 0. The number of halogens is 15. The second-order valence-corrected chi connectivity index (χ2v) is 4.41. The van der Waals surface area contributed by atoms with E-state index in [0.717, 1.165) is 0 Å². The van der Waals surface area contributed by atoms with Crippen LogP contribution in [-0.2, 0) is 9.47 Å². The van der Waals surface area contributed by atoms with Crippen molar-refractivity contribution in [2.45, 2.75) is 41.8 Å². The molecule has 0 aliphatic carbocycles. The molecule has 0 aromatic heterocycles. The highest BCUT2D eigenvalue weighted by Crippen LogP contribution is 2.52. The summed E-state index contributed by atoms with van der Waals surface area (Å²) in [5, 5.41) is 0.945. The number of rotatable bonds is 7. The molecule has 152 valence electrons. The van der Waals surface area contributed by atoms with Gasteiger partial charge in [0, 0.05) is 0 Å². The van der Waals surface area contributed by atoms with Gasteiger partial charge in [0.15, 0.2) is 0 Å². The molecule has 0 spiro atoms. The van der Waals surface area contributed by atoms with E-state index in [9.17, 15) is 61.5 Å². The highest BCUT2D eigenvalue weighted by Gasteiger charge is 2.78. The van der Waals surface area contributed by atoms with E-state index in [0.29, 0.717) is 0 Å². The van der Waals surface area contributed by atoms with Gasteiger partial charge in [-0.05, 0) is 0 Å². The van der Waals surface area contributed by atoms with Gasteiger partial charge >= 0.3 is 41.8 Å². The topological polar surface area (TPSA) is 38.7 Å². The van der Waals surface area contributed by atoms with Crippen LogP contribution in [0.25, 0.3) is 0 Å². The van der Waals surface area contributed by atoms with Crippen molar-refractivity contribution in [1.82, 2.24) is 0 Å². The average molecular weight is 435 g/mol. The van der Waals surface area contributed by atoms with Gasteiger partial charge in [-0.1, -0.05) is 11.6 Å². The summed E-state index contributed by atoms with van der Waals surface area (Å²) >= 11 is 3.59. The van der Waals surface area contributed by atoms with E-state index in [2.05, 4.69) is 11.6 Å². The molecule has 0 amide bonds. The molecule has 0 aliphatic heterocycles. The van der Waals surface area contributed by atoms with E-state index in [1.54, 1.807) is 4.74 Å². The van der Waals surface area contributed by atoms with Gasteiger partial charge in [-0.15, -0.1) is 8.78 Å². The molecule has 1 N–H and O–H groups in total. The molecule has 0 aromatic carbocycles. The van der Waals surface area contributed by atoms with Gasteiger partial charge in [0.05, 0.1) is 0 Å². The minimum absolute atomic E-state index is 1.51. The molecular formula is C7HClF14O3. The summed E-state index contributed by atoms with van der Waals surface area (Å²) in [5.74, 6) is -7.21. The number of hydrogen-bond donors (Lipinski definition) is 1. The van der Waals surface area contributed by atoms with Crippen LogP contribution in [0.4, 0.5) is 61.5 Å². The average Bonchev–Trinajstić information content (AvgIpc) is 2.21. The molecule has 1 atom stereocenters. The number of hydrogen-bond acceptors (Lipinski definition) is 3. The van der Waals surface area contributed by atoms with Crippen molar-refractivity contribution < 1.29 is 76.0 Å². The van der Waals surface area contributed by atoms with Crippen molar-refractivity contribution in [3.05, 3.63) is 0 Å². The lowest BCUT2D eigenvalue weighted by Crippen LogP contribution is -2.60. The van der Waals surface area contributed by atoms with Crippen LogP contribution < -0.4 is 0 Å². The first-order chi connectivity index (χ1) is 10.4. The Morgan fingerprint density at radius 1 is 0.600 bits per heavy atom. The van der Waals surface area contributed by atoms with Crippen LogP contribution in [0.1, 0.15) is 0 Å². The standard InChI is InChI=1S/C7HClF14O3/c8-1(9,3(12,13)14)5(17,18)24-7(21,22)25-6(19,20)2(10,11)4(15,16)23/h23H. The fourth-order valence-corrected chi connectivity index (χ4v) is 0.826. The molecule has 0 saturated carbocycles. The first kappa shape index (κ1) is 24.2. The predicted molar refractivity (Wildman–Crippen MR) is 44.9 cm³/mol. The largest absolute Gasteiger partial charge is 0.495 e. The Hall–Kier alpha value is -0.810. The highest BCUT2D eigenvalue weighted by atomic mass is 35.5. The van der Waals surface area contributed by atoms with Gasteiger partial charge < -0.3 is 5.11 Å². The number of ether oxygens (including phenoxy) is 2. The zero-order valence-electron chi connectivity index (χ0n) is 10.4. The van der Waals surface area contributed by atoms with E-state index in [1.807, 2.05) is 0 Å². The molecule has 0 fully saturated rings. The predicted octanol–water partition coefficient (Wildman–Crippen LogP) is 4.44. The maximum atomic E-state index is 12.7. The zero-order valence-corrected chi connectivity index (χ0v) is 11.2. The van der Waals surface area contributed by atoms with Gasteiger partial charge in [-0.25, -0.2) is 13.9 Å². The summed E-state index contributed by atoms with van der Waals surface area (Å²) in [6, 6.07) is 0. The maximum Gasteiger partial charge on any atom is 0.495 e. The van der Waals surface area contributed by atoms with E-state index in [-0.39, 0.29) is 0 Å². The van der Waals surface area contributed by atoms with Crippen LogP contribution in [0.3, 0.4) is 0 Å². The Kier molecular flexibility index (Phi) is 5.92. The van der Waals surface area contributed by atoms with Gasteiger partial charge in [-0.2, -0.15) is 48.3 Å². The van der Waals surface area contributed by atoms with Gasteiger partial charge in [0.1, 0.15) is 0 Å². The highest BCUT2D eigenvalue weighted by molar-refractivity contribution is 6.24. The Morgan fingerprint density at radius 3 is 1.20 bits per heavy atom. The third-order valence-corrected chi connectivity index (χ3v) is 2.39. The van der Waals surface area contributed by atoms with Gasteiger partial charge in [0.25, 0.3) is 0 Å². The molecule has 18 heteroatoms. The monoisotopic (exact) mass is 434 g/mol. The van der Waals surface area contributed by atoms with E-state index < -0.39 is 41.8 Å². The van der Waals surface area contributed by atoms with Crippen LogP contribution in [0, 0.1) is 0 Å². The summed E-state index contributed by atoms with van der Waals surface area (Å²) < 4.78 is 175. The molecule has 25 heavy (non-hydrogen) atoms. The van der Waals surface area contributed by atoms with Crippen molar-refractivity contribution in [1.29, 1.82) is 0 Å². The van der Waals surface area contributed by atoms with Gasteiger partial charge in [0.2, 0.25) is 0 Å². The van der Waals surface area contributed by atoms with Crippen LogP contribution in [-0.4, -0.2) is 47.0 Å². The fourth-order valence-electron chi connectivity index (χ4n) is 0.788. The second-order valence-electron chi connectivity index (χ2n) is 3.89. The molecule has 0 aromatic rings. The summed E-state index contributed by atoms with van der Waals surface area (Å²) in [5.41, 5.74) is 0. The minimum atomic E-state index is -7.21. The first-order valence-electron chi connectivity index (χ1n) is 4.87. The zero-order chi connectivity index (χ0) is 20.9. The Balaban J connectivity index is 5.62. The smallest absolute Gasteiger partial charge is 0.331 e. The molecule has 0 rings (SSSR count). The third kappa shape index (κ3) is 4.68. The van der Waals surface area contributed by atoms with Crippen molar-refractivity contribution in [2.24, 2.45) is 0 Å². The Morgan fingerprint density at radius 2 is 0.920 bits per heavy atom. The molecule has 0 aliphatic rings. The SMILES string of the molecule is OC(F)(F)C(F)(F)C(F)(F)OC(F)(F)OC(F)(F)C(F)(Cl)C(F)(F)F. The van der Waals surface area contributed by atoms with Crippen LogP contribution in [0.15, 0.2) is 0 Å². The Labute approximate surface area is 131 Å². The van der Waals surface area contributed by atoms with Crippen molar-refractivity contribution in [2.75, 3.05) is 0 Å². The molecule has 0 bridgehead atoms. The second kappa shape index (κ2) is 6.12. The molecular weight excluding hydrogens is 433 g/mol. The summed E-state index contributed by atoms with van der Waals surface area (Å²) in [4.78, 5) is 0. The van der Waals surface area contributed by atoms with Crippen LogP contribution in [0.5, 0.6) is 0 Å². The lowest BCUT2D eigenvalue weighted by Gasteiger charge is -2.34. The number of aliphatic hydroxyl groups is 1. The quantitative estimate of drug-likeness (QED) is 0.366. The van der Waals surface area contributed by atoms with E-state index >= 15 is 0 Å². The molecule has 3 nitrogen and oxygen atoms in total. The summed E-state index contributed by atoms with van der Waals surface area (Å²) in [6.45, 7) is 0. The van der Waals surface area contributed by atoms with Crippen molar-refractivity contribution >= 4 is 11.6 Å². The fraction of sp³-hybridized carbons (Fsp3) is 1.00.